The van der Waals surface area contributed by atoms with Gasteiger partial charge in [-0.1, -0.05) is 48.5 Å². The second-order valence-corrected chi connectivity index (χ2v) is 5.24. The first-order valence-corrected chi connectivity index (χ1v) is 7.44. The largest absolute Gasteiger partial charge is 0.420 e. The molecule has 0 aliphatic heterocycles. The number of aromatic nitrogens is 2. The van der Waals surface area contributed by atoms with Crippen molar-refractivity contribution in [2.75, 3.05) is 0 Å². The summed E-state index contributed by atoms with van der Waals surface area (Å²) in [5, 5.41) is 10.8. The van der Waals surface area contributed by atoms with E-state index in [1.807, 2.05) is 67.6 Å². The Bertz CT molecular complexity index is 769. The molecule has 0 aliphatic carbocycles. The maximum atomic E-state index is 12.1. The van der Waals surface area contributed by atoms with Gasteiger partial charge in [-0.25, -0.2) is 0 Å². The molecule has 3 rings (SSSR count). The van der Waals surface area contributed by atoms with Crippen molar-refractivity contribution in [3.05, 3.63) is 72.1 Å². The highest BCUT2D eigenvalue weighted by Gasteiger charge is 2.14. The van der Waals surface area contributed by atoms with Crippen LogP contribution in [0.4, 0.5) is 0 Å². The molecular formula is C18H17N3O2. The Labute approximate surface area is 134 Å². The Morgan fingerprint density at radius 2 is 1.70 bits per heavy atom. The standard InChI is InChI=1S/C18H17N3O2/c1-13(14-8-4-2-5-9-14)19-16(22)12-17-20-21-18(23-17)15-10-6-3-7-11-15/h2-11,13H,12H2,1H3,(H,19,22). The molecule has 0 spiro atoms. The SMILES string of the molecule is CC(NC(=O)Cc1nnc(-c2ccccc2)o1)c1ccccc1. The third kappa shape index (κ3) is 3.83. The third-order valence-corrected chi connectivity index (χ3v) is 3.48. The molecule has 1 unspecified atom stereocenters. The van der Waals surface area contributed by atoms with Gasteiger partial charge in [-0.3, -0.25) is 4.79 Å². The number of carbonyl (C=O) groups excluding carboxylic acids is 1. The van der Waals surface area contributed by atoms with Crippen LogP contribution >= 0.6 is 0 Å². The van der Waals surface area contributed by atoms with Crippen molar-refractivity contribution in [3.8, 4) is 11.5 Å². The molecule has 3 aromatic rings. The van der Waals surface area contributed by atoms with Gasteiger partial charge in [0.25, 0.3) is 0 Å². The van der Waals surface area contributed by atoms with Crippen molar-refractivity contribution in [1.29, 1.82) is 0 Å². The van der Waals surface area contributed by atoms with Crippen LogP contribution in [0.3, 0.4) is 0 Å². The molecule has 0 aliphatic rings. The first-order chi connectivity index (χ1) is 11.2. The Morgan fingerprint density at radius 3 is 2.39 bits per heavy atom. The van der Waals surface area contributed by atoms with Gasteiger partial charge in [0, 0.05) is 5.56 Å². The second-order valence-electron chi connectivity index (χ2n) is 5.24. The molecule has 1 atom stereocenters. The van der Waals surface area contributed by atoms with Crippen LogP contribution in [-0.4, -0.2) is 16.1 Å². The summed E-state index contributed by atoms with van der Waals surface area (Å²) in [5.74, 6) is 0.579. The average molecular weight is 307 g/mol. The van der Waals surface area contributed by atoms with E-state index in [9.17, 15) is 4.79 Å². The van der Waals surface area contributed by atoms with Crippen LogP contribution in [0, 0.1) is 0 Å². The third-order valence-electron chi connectivity index (χ3n) is 3.48. The summed E-state index contributed by atoms with van der Waals surface area (Å²) in [5.41, 5.74) is 1.89. The summed E-state index contributed by atoms with van der Waals surface area (Å²) < 4.78 is 5.54. The molecule has 0 radical (unpaired) electrons. The van der Waals surface area contributed by atoms with E-state index in [0.29, 0.717) is 11.8 Å². The first kappa shape index (κ1) is 15.0. The van der Waals surface area contributed by atoms with Gasteiger partial charge in [-0.15, -0.1) is 10.2 Å². The summed E-state index contributed by atoms with van der Waals surface area (Å²) in [4.78, 5) is 12.1. The lowest BCUT2D eigenvalue weighted by atomic mass is 10.1. The van der Waals surface area contributed by atoms with E-state index in [-0.39, 0.29) is 18.4 Å². The maximum Gasteiger partial charge on any atom is 0.247 e. The summed E-state index contributed by atoms with van der Waals surface area (Å²) in [6, 6.07) is 19.2. The zero-order valence-corrected chi connectivity index (χ0v) is 12.8. The lowest BCUT2D eigenvalue weighted by molar-refractivity contribution is -0.121. The van der Waals surface area contributed by atoms with E-state index in [1.54, 1.807) is 0 Å². The van der Waals surface area contributed by atoms with Crippen molar-refractivity contribution in [2.24, 2.45) is 0 Å². The quantitative estimate of drug-likeness (QED) is 0.786. The molecule has 5 heteroatoms. The minimum absolute atomic E-state index is 0.0665. The topological polar surface area (TPSA) is 68.0 Å². The minimum atomic E-state index is -0.149. The summed E-state index contributed by atoms with van der Waals surface area (Å²) in [6.45, 7) is 1.94. The monoisotopic (exact) mass is 307 g/mol. The predicted octanol–water partition coefficient (Wildman–Crippen LogP) is 3.16. The molecule has 116 valence electrons. The highest BCUT2D eigenvalue weighted by atomic mass is 16.4. The number of benzene rings is 2. The molecule has 1 N–H and O–H groups in total. The van der Waals surface area contributed by atoms with E-state index in [4.69, 9.17) is 4.42 Å². The first-order valence-electron chi connectivity index (χ1n) is 7.44. The van der Waals surface area contributed by atoms with Crippen LogP contribution < -0.4 is 5.32 Å². The lowest BCUT2D eigenvalue weighted by Gasteiger charge is -2.13. The number of rotatable bonds is 5. The number of amides is 1. The van der Waals surface area contributed by atoms with Crippen LogP contribution in [0.25, 0.3) is 11.5 Å². The van der Waals surface area contributed by atoms with E-state index >= 15 is 0 Å². The molecule has 1 aromatic heterocycles. The van der Waals surface area contributed by atoms with Crippen molar-refractivity contribution in [2.45, 2.75) is 19.4 Å². The van der Waals surface area contributed by atoms with Crippen molar-refractivity contribution in [1.82, 2.24) is 15.5 Å². The molecule has 5 nitrogen and oxygen atoms in total. The number of nitrogens with one attached hydrogen (secondary N) is 1. The lowest BCUT2D eigenvalue weighted by Crippen LogP contribution is -2.28. The number of carbonyl (C=O) groups is 1. The molecule has 0 saturated heterocycles. The second kappa shape index (κ2) is 6.87. The maximum absolute atomic E-state index is 12.1. The average Bonchev–Trinajstić information content (AvgIpc) is 3.04. The summed E-state index contributed by atoms with van der Waals surface area (Å²) in [7, 11) is 0. The molecule has 0 fully saturated rings. The molecule has 23 heavy (non-hydrogen) atoms. The van der Waals surface area contributed by atoms with Crippen LogP contribution in [0.5, 0.6) is 0 Å². The predicted molar refractivity (Wildman–Crippen MR) is 86.4 cm³/mol. The van der Waals surface area contributed by atoms with Gasteiger partial charge >= 0.3 is 0 Å². The van der Waals surface area contributed by atoms with Crippen LogP contribution in [0.2, 0.25) is 0 Å². The highest BCUT2D eigenvalue weighted by molar-refractivity contribution is 5.78. The Kier molecular flexibility index (Phi) is 4.47. The van der Waals surface area contributed by atoms with E-state index < -0.39 is 0 Å². The van der Waals surface area contributed by atoms with Gasteiger partial charge < -0.3 is 9.73 Å². The molecule has 2 aromatic carbocycles. The molecular weight excluding hydrogens is 290 g/mol. The van der Waals surface area contributed by atoms with Crippen LogP contribution in [0.15, 0.2) is 65.1 Å². The number of nitrogens with zero attached hydrogens (tertiary/aromatic N) is 2. The fourth-order valence-corrected chi connectivity index (χ4v) is 2.28. The van der Waals surface area contributed by atoms with Crippen LogP contribution in [0.1, 0.15) is 24.4 Å². The van der Waals surface area contributed by atoms with Gasteiger partial charge in [0.1, 0.15) is 6.42 Å². The van der Waals surface area contributed by atoms with Crippen molar-refractivity contribution >= 4 is 5.91 Å². The van der Waals surface area contributed by atoms with Crippen molar-refractivity contribution in [3.63, 3.8) is 0 Å². The fourth-order valence-electron chi connectivity index (χ4n) is 2.28. The van der Waals surface area contributed by atoms with Gasteiger partial charge in [0.05, 0.1) is 6.04 Å². The van der Waals surface area contributed by atoms with E-state index in [1.165, 1.54) is 0 Å². The smallest absolute Gasteiger partial charge is 0.247 e. The van der Waals surface area contributed by atoms with Gasteiger partial charge in [-0.05, 0) is 24.6 Å². The van der Waals surface area contributed by atoms with Gasteiger partial charge in [-0.2, -0.15) is 0 Å². The zero-order chi connectivity index (χ0) is 16.1. The number of hydrogen-bond donors (Lipinski definition) is 1. The Balaban J connectivity index is 1.61. The zero-order valence-electron chi connectivity index (χ0n) is 12.8. The Hall–Kier alpha value is -2.95. The highest BCUT2D eigenvalue weighted by Crippen LogP contribution is 2.17. The molecule has 1 amide bonds. The normalized spacial score (nSPS) is 11.9. The molecule has 0 saturated carbocycles. The van der Waals surface area contributed by atoms with Gasteiger partial charge in [0.2, 0.25) is 17.7 Å². The van der Waals surface area contributed by atoms with Crippen molar-refractivity contribution < 1.29 is 9.21 Å². The van der Waals surface area contributed by atoms with E-state index in [2.05, 4.69) is 15.5 Å². The Morgan fingerprint density at radius 1 is 1.04 bits per heavy atom. The van der Waals surface area contributed by atoms with Gasteiger partial charge in [0.15, 0.2) is 0 Å². The molecule has 0 bridgehead atoms. The fraction of sp³-hybridized carbons (Fsp3) is 0.167. The summed E-state index contributed by atoms with van der Waals surface area (Å²) >= 11 is 0. The van der Waals surface area contributed by atoms with E-state index in [0.717, 1.165) is 11.1 Å². The number of hydrogen-bond acceptors (Lipinski definition) is 4. The molecule has 1 heterocycles. The van der Waals surface area contributed by atoms with Crippen LogP contribution in [-0.2, 0) is 11.2 Å². The summed E-state index contributed by atoms with van der Waals surface area (Å²) in [6.07, 6.45) is 0.0665. The minimum Gasteiger partial charge on any atom is -0.420 e.